The van der Waals surface area contributed by atoms with Gasteiger partial charge in [-0.05, 0) is 50.6 Å². The van der Waals surface area contributed by atoms with Gasteiger partial charge in [0.1, 0.15) is 0 Å². The molecule has 0 fully saturated rings. The van der Waals surface area contributed by atoms with Crippen molar-refractivity contribution in [2.24, 2.45) is 15.2 Å². The lowest BCUT2D eigenvalue weighted by Crippen LogP contribution is -2.21. The van der Waals surface area contributed by atoms with E-state index in [9.17, 15) is 4.79 Å². The lowest BCUT2D eigenvalue weighted by molar-refractivity contribution is -0.116. The van der Waals surface area contributed by atoms with Gasteiger partial charge < -0.3 is 5.32 Å². The van der Waals surface area contributed by atoms with E-state index in [4.69, 9.17) is 16.6 Å². The van der Waals surface area contributed by atoms with Crippen LogP contribution in [-0.2, 0) is 4.79 Å². The number of hydrogen-bond acceptors (Lipinski definition) is 5. The van der Waals surface area contributed by atoms with Crippen LogP contribution in [0.4, 0.5) is 5.69 Å². The van der Waals surface area contributed by atoms with Gasteiger partial charge in [-0.25, -0.2) is 0 Å². The molecule has 5 nitrogen and oxygen atoms in total. The molecule has 1 heterocycles. The summed E-state index contributed by atoms with van der Waals surface area (Å²) in [6, 6.07) is 16.4. The average molecular weight is 465 g/mol. The third-order valence-electron chi connectivity index (χ3n) is 4.83. The van der Waals surface area contributed by atoms with Crippen molar-refractivity contribution in [2.45, 2.75) is 33.2 Å². The second kappa shape index (κ2) is 11.5. The lowest BCUT2D eigenvalue weighted by atomic mass is 10.0. The van der Waals surface area contributed by atoms with Crippen molar-refractivity contribution >= 4 is 52.7 Å². The Hall–Kier alpha value is -3.09. The standard InChI is InChI=1S/C25H25ClN4OS/c1-4-27-28-15-22(14-24(31)29-21-8-6-5-7-9-21)30-25(19-10-12-20(26)13-11-19)23-16-32-18(3)17(23)2/h4-13,15-16,22H,14H2,1-3H3,(H,29,31)/b27-4+,28-15+,30-25?/t22-/m0/s1. The Bertz CT molecular complexity index is 1130. The first-order chi connectivity index (χ1) is 15.5. The van der Waals surface area contributed by atoms with Gasteiger partial charge in [-0.1, -0.05) is 41.9 Å². The molecular weight excluding hydrogens is 440 g/mol. The van der Waals surface area contributed by atoms with Gasteiger partial charge in [0.15, 0.2) is 0 Å². The van der Waals surface area contributed by atoms with Crippen LogP contribution < -0.4 is 5.32 Å². The number of nitrogens with zero attached hydrogens (tertiary/aromatic N) is 3. The second-order valence-corrected chi connectivity index (χ2v) is 8.66. The fraction of sp³-hybridized carbons (Fsp3) is 0.200. The fourth-order valence-corrected chi connectivity index (χ4v) is 4.05. The second-order valence-electron chi connectivity index (χ2n) is 7.14. The summed E-state index contributed by atoms with van der Waals surface area (Å²) in [4.78, 5) is 18.9. The van der Waals surface area contributed by atoms with Gasteiger partial charge in [0.05, 0.1) is 24.4 Å². The number of hydrogen-bond donors (Lipinski definition) is 1. The molecule has 1 atom stereocenters. The molecule has 7 heteroatoms. The molecule has 32 heavy (non-hydrogen) atoms. The third kappa shape index (κ3) is 6.45. The molecule has 1 N–H and O–H groups in total. The van der Waals surface area contributed by atoms with Crippen LogP contribution in [-0.4, -0.2) is 30.1 Å². The largest absolute Gasteiger partial charge is 0.326 e. The first-order valence-corrected chi connectivity index (χ1v) is 11.5. The van der Waals surface area contributed by atoms with Crippen LogP contribution in [0.2, 0.25) is 5.02 Å². The maximum atomic E-state index is 12.7. The highest BCUT2D eigenvalue weighted by molar-refractivity contribution is 7.10. The number of anilines is 1. The van der Waals surface area contributed by atoms with Crippen LogP contribution in [0, 0.1) is 13.8 Å². The SMILES string of the molecule is C/C=N/N=C/[C@H](CC(=O)Nc1ccccc1)N=C(c1ccc(Cl)cc1)c1csc(C)c1C. The van der Waals surface area contributed by atoms with Gasteiger partial charge in [0.25, 0.3) is 0 Å². The summed E-state index contributed by atoms with van der Waals surface area (Å²) in [6.07, 6.45) is 3.33. The van der Waals surface area contributed by atoms with E-state index in [1.807, 2.05) is 54.6 Å². The smallest absolute Gasteiger partial charge is 0.226 e. The molecule has 0 aliphatic rings. The molecule has 0 unspecified atom stereocenters. The van der Waals surface area contributed by atoms with E-state index in [0.29, 0.717) is 5.02 Å². The quantitative estimate of drug-likeness (QED) is 0.307. The van der Waals surface area contributed by atoms with Gasteiger partial charge in [0.2, 0.25) is 5.91 Å². The summed E-state index contributed by atoms with van der Waals surface area (Å²) < 4.78 is 0. The van der Waals surface area contributed by atoms with Gasteiger partial charge in [-0.3, -0.25) is 9.79 Å². The number of amides is 1. The normalized spacial score (nSPS) is 13.1. The molecule has 2 aromatic carbocycles. The van der Waals surface area contributed by atoms with Gasteiger partial charge in [-0.15, -0.1) is 11.3 Å². The molecule has 0 saturated carbocycles. The van der Waals surface area contributed by atoms with Crippen LogP contribution in [0.5, 0.6) is 0 Å². The fourth-order valence-electron chi connectivity index (χ4n) is 3.06. The summed E-state index contributed by atoms with van der Waals surface area (Å²) >= 11 is 7.78. The maximum Gasteiger partial charge on any atom is 0.226 e. The van der Waals surface area contributed by atoms with E-state index >= 15 is 0 Å². The number of halogens is 1. The minimum absolute atomic E-state index is 0.136. The number of para-hydroxylation sites is 1. The summed E-state index contributed by atoms with van der Waals surface area (Å²) in [5.74, 6) is -0.148. The molecule has 3 rings (SSSR count). The first-order valence-electron chi connectivity index (χ1n) is 10.2. The minimum Gasteiger partial charge on any atom is -0.326 e. The zero-order chi connectivity index (χ0) is 22.9. The molecule has 1 amide bonds. The van der Waals surface area contributed by atoms with Crippen molar-refractivity contribution in [1.29, 1.82) is 0 Å². The number of aryl methyl sites for hydroxylation is 1. The van der Waals surface area contributed by atoms with Crippen molar-refractivity contribution in [3.05, 3.63) is 86.6 Å². The number of carbonyl (C=O) groups is 1. The molecule has 164 valence electrons. The van der Waals surface area contributed by atoms with E-state index in [2.05, 4.69) is 34.7 Å². The number of benzene rings is 2. The van der Waals surface area contributed by atoms with E-state index in [0.717, 1.165) is 22.5 Å². The topological polar surface area (TPSA) is 66.2 Å². The predicted octanol–water partition coefficient (Wildman–Crippen LogP) is 6.33. The van der Waals surface area contributed by atoms with E-state index in [1.165, 1.54) is 10.4 Å². The van der Waals surface area contributed by atoms with Gasteiger partial charge >= 0.3 is 0 Å². The summed E-state index contributed by atoms with van der Waals surface area (Å²) in [6.45, 7) is 5.96. The van der Waals surface area contributed by atoms with Crippen molar-refractivity contribution in [3.63, 3.8) is 0 Å². The number of thiophene rings is 1. The maximum absolute atomic E-state index is 12.7. The zero-order valence-electron chi connectivity index (χ0n) is 18.2. The monoisotopic (exact) mass is 464 g/mol. The van der Waals surface area contributed by atoms with Gasteiger partial charge in [-0.2, -0.15) is 10.2 Å². The Balaban J connectivity index is 1.98. The Morgan fingerprint density at radius 1 is 1.09 bits per heavy atom. The third-order valence-corrected chi connectivity index (χ3v) is 6.09. The molecule has 0 spiro atoms. The minimum atomic E-state index is -0.493. The summed E-state index contributed by atoms with van der Waals surface area (Å²) in [5.41, 5.74) is 4.67. The predicted molar refractivity (Wildman–Crippen MR) is 137 cm³/mol. The average Bonchev–Trinajstić information content (AvgIpc) is 3.11. The lowest BCUT2D eigenvalue weighted by Gasteiger charge is -2.13. The van der Waals surface area contributed by atoms with Crippen molar-refractivity contribution in [2.75, 3.05) is 5.32 Å². The van der Waals surface area contributed by atoms with Crippen molar-refractivity contribution in [3.8, 4) is 0 Å². The van der Waals surface area contributed by atoms with E-state index in [1.54, 1.807) is 30.7 Å². The summed E-state index contributed by atoms with van der Waals surface area (Å²) in [7, 11) is 0. The number of nitrogens with one attached hydrogen (secondary N) is 1. The van der Waals surface area contributed by atoms with Gasteiger partial charge in [0, 0.05) is 38.3 Å². The molecule has 0 aliphatic heterocycles. The van der Waals surface area contributed by atoms with Crippen molar-refractivity contribution < 1.29 is 4.79 Å². The first kappa shape index (κ1) is 23.6. The molecule has 0 aliphatic carbocycles. The van der Waals surface area contributed by atoms with Crippen LogP contribution in [0.15, 0.2) is 75.2 Å². The van der Waals surface area contributed by atoms with Crippen LogP contribution in [0.25, 0.3) is 0 Å². The van der Waals surface area contributed by atoms with Crippen LogP contribution in [0.1, 0.15) is 34.9 Å². The Kier molecular flexibility index (Phi) is 8.48. The van der Waals surface area contributed by atoms with Crippen molar-refractivity contribution in [1.82, 2.24) is 0 Å². The Morgan fingerprint density at radius 3 is 2.44 bits per heavy atom. The highest BCUT2D eigenvalue weighted by Gasteiger charge is 2.18. The molecule has 1 aromatic heterocycles. The van der Waals surface area contributed by atoms with E-state index < -0.39 is 6.04 Å². The molecular formula is C25H25ClN4OS. The molecule has 0 bridgehead atoms. The van der Waals surface area contributed by atoms with Crippen LogP contribution >= 0.6 is 22.9 Å². The molecule has 0 radical (unpaired) electrons. The molecule has 3 aromatic rings. The van der Waals surface area contributed by atoms with E-state index in [-0.39, 0.29) is 12.3 Å². The summed E-state index contributed by atoms with van der Waals surface area (Å²) in [5, 5.41) is 13.7. The molecule has 0 saturated heterocycles. The van der Waals surface area contributed by atoms with Crippen LogP contribution in [0.3, 0.4) is 0 Å². The zero-order valence-corrected chi connectivity index (χ0v) is 19.8. The Labute approximate surface area is 197 Å². The number of aliphatic imine (C=N–C) groups is 1. The Morgan fingerprint density at radius 2 is 1.81 bits per heavy atom. The highest BCUT2D eigenvalue weighted by Crippen LogP contribution is 2.25. The highest BCUT2D eigenvalue weighted by atomic mass is 35.5. The number of carbonyl (C=O) groups excluding carboxylic acids is 1. The number of rotatable bonds is 8.